The molecule has 4 N–H and O–H groups in total. The van der Waals surface area contributed by atoms with Crippen LogP contribution in [0.2, 0.25) is 0 Å². The quantitative estimate of drug-likeness (QED) is 0.351. The van der Waals surface area contributed by atoms with E-state index in [1.54, 1.807) is 30.5 Å². The minimum Gasteiger partial charge on any atom is -0.507 e. The maximum absolute atomic E-state index is 12.5. The van der Waals surface area contributed by atoms with Gasteiger partial charge >= 0.3 is 0 Å². The molecule has 2 aromatic heterocycles. The Bertz CT molecular complexity index is 1330. The molecule has 0 bridgehead atoms. The third-order valence-electron chi connectivity index (χ3n) is 4.41. The van der Waals surface area contributed by atoms with Gasteiger partial charge in [-0.1, -0.05) is 12.1 Å². The molecule has 11 heteroatoms. The Labute approximate surface area is 181 Å². The van der Waals surface area contributed by atoms with Crippen LogP contribution >= 0.6 is 11.3 Å². The van der Waals surface area contributed by atoms with E-state index in [2.05, 4.69) is 25.2 Å². The van der Waals surface area contributed by atoms with E-state index in [1.807, 2.05) is 0 Å². The van der Waals surface area contributed by atoms with Crippen LogP contribution in [0, 0.1) is 6.92 Å². The topological polar surface area (TPSA) is 137 Å². The number of para-hydroxylation sites is 1. The van der Waals surface area contributed by atoms with Crippen LogP contribution in [-0.4, -0.2) is 34.6 Å². The van der Waals surface area contributed by atoms with E-state index >= 15 is 0 Å². The Morgan fingerprint density at radius 2 is 1.94 bits per heavy atom. The summed E-state index contributed by atoms with van der Waals surface area (Å²) in [6.45, 7) is 1.77. The molecule has 1 amide bonds. The van der Waals surface area contributed by atoms with Crippen LogP contribution in [-0.2, 0) is 10.0 Å². The summed E-state index contributed by atoms with van der Waals surface area (Å²) in [6.07, 6.45) is 1.50. The van der Waals surface area contributed by atoms with Gasteiger partial charge in [-0.05, 0) is 48.9 Å². The number of anilines is 2. The summed E-state index contributed by atoms with van der Waals surface area (Å²) in [5, 5.41) is 21.5. The molecule has 0 saturated carbocycles. The maximum atomic E-state index is 12.5. The number of aromatic nitrogens is 3. The number of phenols is 1. The minimum atomic E-state index is -3.77. The average Bonchev–Trinajstić information content (AvgIpc) is 3.42. The fourth-order valence-electron chi connectivity index (χ4n) is 2.81. The molecule has 4 aromatic rings. The van der Waals surface area contributed by atoms with Crippen LogP contribution in [0.5, 0.6) is 5.75 Å². The van der Waals surface area contributed by atoms with Crippen LogP contribution in [0.25, 0.3) is 11.3 Å². The van der Waals surface area contributed by atoms with Gasteiger partial charge in [0.05, 0.1) is 10.6 Å². The van der Waals surface area contributed by atoms with Crippen molar-refractivity contribution in [2.24, 2.45) is 0 Å². The van der Waals surface area contributed by atoms with Crippen molar-refractivity contribution in [2.45, 2.75) is 11.8 Å². The molecule has 31 heavy (non-hydrogen) atoms. The fourth-order valence-corrected chi connectivity index (χ4v) is 4.59. The molecule has 0 unspecified atom stereocenters. The van der Waals surface area contributed by atoms with Crippen LogP contribution in [0.3, 0.4) is 0 Å². The Hall–Kier alpha value is -3.70. The first-order chi connectivity index (χ1) is 14.8. The predicted molar refractivity (Wildman–Crippen MR) is 118 cm³/mol. The molecule has 158 valence electrons. The molecule has 0 aliphatic heterocycles. The summed E-state index contributed by atoms with van der Waals surface area (Å²) in [6, 6.07) is 12.5. The zero-order chi connectivity index (χ0) is 22.0. The monoisotopic (exact) mass is 455 g/mol. The number of nitrogens with zero attached hydrogens (tertiary/aromatic N) is 2. The second-order valence-corrected chi connectivity index (χ2v) is 9.14. The van der Waals surface area contributed by atoms with Crippen LogP contribution < -0.4 is 10.0 Å². The highest BCUT2D eigenvalue weighted by atomic mass is 32.2. The highest BCUT2D eigenvalue weighted by Gasteiger charge is 2.17. The van der Waals surface area contributed by atoms with E-state index in [9.17, 15) is 18.3 Å². The van der Waals surface area contributed by atoms with Crippen molar-refractivity contribution in [2.75, 3.05) is 10.0 Å². The van der Waals surface area contributed by atoms with Gasteiger partial charge in [0.25, 0.3) is 15.9 Å². The van der Waals surface area contributed by atoms with Gasteiger partial charge < -0.3 is 10.4 Å². The van der Waals surface area contributed by atoms with Crippen LogP contribution in [0.1, 0.15) is 16.1 Å². The lowest BCUT2D eigenvalue weighted by molar-refractivity contribution is 0.102. The molecule has 0 spiro atoms. The SMILES string of the molecule is Cc1cccc(-c2cc(C(=O)Nc3ccc(S(=O)(=O)Nc4nccs4)cc3)[nH]n2)c1O. The number of benzene rings is 2. The van der Waals surface area contributed by atoms with Gasteiger partial charge in [0.15, 0.2) is 5.13 Å². The smallest absolute Gasteiger partial charge is 0.273 e. The summed E-state index contributed by atoms with van der Waals surface area (Å²) in [4.78, 5) is 16.5. The molecule has 9 nitrogen and oxygen atoms in total. The number of carbonyl (C=O) groups is 1. The number of aromatic hydroxyl groups is 1. The molecule has 0 atom stereocenters. The standard InChI is InChI=1S/C20H17N5O4S2/c1-12-3-2-4-15(18(12)26)16-11-17(24-23-16)19(27)22-13-5-7-14(8-6-13)31(28,29)25-20-21-9-10-30-20/h2-11,26H,1H3,(H,21,25)(H,22,27)(H,23,24). The van der Waals surface area contributed by atoms with Gasteiger partial charge in [0.2, 0.25) is 0 Å². The number of amides is 1. The van der Waals surface area contributed by atoms with Gasteiger partial charge in [0.1, 0.15) is 11.4 Å². The van der Waals surface area contributed by atoms with E-state index in [1.165, 1.54) is 47.9 Å². The first-order valence-corrected chi connectivity index (χ1v) is 11.4. The van der Waals surface area contributed by atoms with Crippen molar-refractivity contribution in [1.82, 2.24) is 15.2 Å². The molecule has 0 radical (unpaired) electrons. The number of nitrogens with one attached hydrogen (secondary N) is 3. The van der Waals surface area contributed by atoms with Crippen molar-refractivity contribution in [3.05, 3.63) is 71.4 Å². The van der Waals surface area contributed by atoms with Crippen molar-refractivity contribution in [3.8, 4) is 17.0 Å². The number of sulfonamides is 1. The molecular formula is C20H17N5O4S2. The van der Waals surface area contributed by atoms with Gasteiger partial charge in [-0.25, -0.2) is 13.4 Å². The fraction of sp³-hybridized carbons (Fsp3) is 0.0500. The summed E-state index contributed by atoms with van der Waals surface area (Å²) in [5.41, 5.74) is 2.25. The summed E-state index contributed by atoms with van der Waals surface area (Å²) in [7, 11) is -3.77. The Kier molecular flexibility index (Phi) is 5.44. The molecule has 2 aromatic carbocycles. The lowest BCUT2D eigenvalue weighted by atomic mass is 10.1. The normalized spacial score (nSPS) is 11.3. The number of hydrogen-bond acceptors (Lipinski definition) is 7. The Morgan fingerprint density at radius 3 is 2.65 bits per heavy atom. The third kappa shape index (κ3) is 4.42. The highest BCUT2D eigenvalue weighted by molar-refractivity contribution is 7.93. The van der Waals surface area contributed by atoms with E-state index in [0.29, 0.717) is 22.5 Å². The summed E-state index contributed by atoms with van der Waals surface area (Å²) >= 11 is 1.17. The number of hydrogen-bond donors (Lipinski definition) is 4. The van der Waals surface area contributed by atoms with Crippen molar-refractivity contribution >= 4 is 38.1 Å². The number of carbonyl (C=O) groups excluding carboxylic acids is 1. The molecule has 4 rings (SSSR count). The molecule has 0 aliphatic carbocycles. The highest BCUT2D eigenvalue weighted by Crippen LogP contribution is 2.30. The minimum absolute atomic E-state index is 0.0412. The molecule has 0 saturated heterocycles. The van der Waals surface area contributed by atoms with Crippen LogP contribution in [0.4, 0.5) is 10.8 Å². The number of aromatic amines is 1. The first-order valence-electron chi connectivity index (χ1n) is 9.01. The second kappa shape index (κ2) is 8.20. The number of phenolic OH excluding ortho intramolecular Hbond substituents is 1. The number of aryl methyl sites for hydroxylation is 1. The molecule has 2 heterocycles. The second-order valence-electron chi connectivity index (χ2n) is 6.56. The summed E-state index contributed by atoms with van der Waals surface area (Å²) in [5.74, 6) is -0.355. The van der Waals surface area contributed by atoms with E-state index < -0.39 is 15.9 Å². The van der Waals surface area contributed by atoms with E-state index in [-0.39, 0.29) is 21.5 Å². The van der Waals surface area contributed by atoms with Crippen LogP contribution in [0.15, 0.2) is 65.0 Å². The van der Waals surface area contributed by atoms with Gasteiger partial charge in [-0.3, -0.25) is 14.6 Å². The maximum Gasteiger partial charge on any atom is 0.273 e. The van der Waals surface area contributed by atoms with E-state index in [4.69, 9.17) is 0 Å². The van der Waals surface area contributed by atoms with Gasteiger partial charge in [-0.15, -0.1) is 11.3 Å². The zero-order valence-corrected chi connectivity index (χ0v) is 17.8. The number of rotatable bonds is 6. The van der Waals surface area contributed by atoms with Gasteiger partial charge in [-0.2, -0.15) is 5.10 Å². The van der Waals surface area contributed by atoms with Crippen molar-refractivity contribution in [3.63, 3.8) is 0 Å². The van der Waals surface area contributed by atoms with Crippen molar-refractivity contribution in [1.29, 1.82) is 0 Å². The van der Waals surface area contributed by atoms with Crippen molar-refractivity contribution < 1.29 is 18.3 Å². The number of H-pyrrole nitrogens is 1. The first kappa shape index (κ1) is 20.6. The lowest BCUT2D eigenvalue weighted by Crippen LogP contribution is -2.14. The zero-order valence-electron chi connectivity index (χ0n) is 16.2. The third-order valence-corrected chi connectivity index (χ3v) is 6.59. The number of thiazole rings is 1. The predicted octanol–water partition coefficient (Wildman–Crippen LogP) is 3.60. The molecule has 0 aliphatic rings. The average molecular weight is 456 g/mol. The molecular weight excluding hydrogens is 438 g/mol. The Morgan fingerprint density at radius 1 is 1.16 bits per heavy atom. The van der Waals surface area contributed by atoms with Gasteiger partial charge in [0, 0.05) is 22.8 Å². The summed E-state index contributed by atoms with van der Waals surface area (Å²) < 4.78 is 27.1. The van der Waals surface area contributed by atoms with E-state index in [0.717, 1.165) is 0 Å². The Balaban J connectivity index is 1.47. The largest absolute Gasteiger partial charge is 0.507 e. The molecule has 0 fully saturated rings. The lowest BCUT2D eigenvalue weighted by Gasteiger charge is -2.07.